The molecular formula is C20H33N5O4. The number of ether oxygens (including phenoxy) is 3. The van der Waals surface area contributed by atoms with Gasteiger partial charge in [0.1, 0.15) is 11.9 Å². The van der Waals surface area contributed by atoms with Gasteiger partial charge in [0.05, 0.1) is 19.7 Å². The van der Waals surface area contributed by atoms with Crippen LogP contribution in [0.25, 0.3) is 10.9 Å². The molecule has 3 rings (SSSR count). The van der Waals surface area contributed by atoms with Crippen LogP contribution in [0.2, 0.25) is 0 Å². The lowest BCUT2D eigenvalue weighted by atomic mass is 10.2. The van der Waals surface area contributed by atoms with E-state index in [0.29, 0.717) is 53.9 Å². The van der Waals surface area contributed by atoms with Crippen LogP contribution < -0.4 is 25.8 Å². The van der Waals surface area contributed by atoms with Gasteiger partial charge in [-0.25, -0.2) is 4.98 Å². The van der Waals surface area contributed by atoms with Crippen molar-refractivity contribution < 1.29 is 19.0 Å². The van der Waals surface area contributed by atoms with Gasteiger partial charge >= 0.3 is 0 Å². The van der Waals surface area contributed by atoms with E-state index in [1.54, 1.807) is 26.4 Å². The highest BCUT2D eigenvalue weighted by Crippen LogP contribution is 2.33. The number of amides is 1. The fourth-order valence-electron chi connectivity index (χ4n) is 2.96. The second-order valence-corrected chi connectivity index (χ2v) is 6.23. The van der Waals surface area contributed by atoms with Gasteiger partial charge < -0.3 is 30.6 Å². The highest BCUT2D eigenvalue weighted by atomic mass is 16.5. The second-order valence-electron chi connectivity index (χ2n) is 6.23. The average Bonchev–Trinajstić information content (AvgIpc) is 3.21. The molecule has 1 saturated heterocycles. The largest absolute Gasteiger partial charge is 0.493 e. The standard InChI is InChI=1S/C18H25N5O4.2CH4/c1-25-14-9-11-12(10-15(14)26-2)22-18(23-16(11)19)21-7-4-6-20-17(24)13-5-3-8-27-13;;/h9-10,13H,3-8H2,1-2H3,(H,20,24)(H3,19,21,22,23);2*1H4. The lowest BCUT2D eigenvalue weighted by Gasteiger charge is -2.12. The average molecular weight is 408 g/mol. The molecular weight excluding hydrogens is 374 g/mol. The van der Waals surface area contributed by atoms with Crippen molar-refractivity contribution in [3.05, 3.63) is 12.1 Å². The predicted molar refractivity (Wildman–Crippen MR) is 116 cm³/mol. The highest BCUT2D eigenvalue weighted by Gasteiger charge is 2.22. The van der Waals surface area contributed by atoms with E-state index in [2.05, 4.69) is 20.6 Å². The Kier molecular flexibility index (Phi) is 9.40. The Bertz CT molecular complexity index is 809. The number of methoxy groups -OCH3 is 2. The smallest absolute Gasteiger partial charge is 0.249 e. The molecule has 1 aliphatic rings. The Morgan fingerprint density at radius 1 is 1.21 bits per heavy atom. The van der Waals surface area contributed by atoms with E-state index in [4.69, 9.17) is 19.9 Å². The van der Waals surface area contributed by atoms with E-state index in [9.17, 15) is 4.79 Å². The summed E-state index contributed by atoms with van der Waals surface area (Å²) in [5, 5.41) is 6.71. The monoisotopic (exact) mass is 407 g/mol. The molecule has 2 heterocycles. The quantitative estimate of drug-likeness (QED) is 0.571. The molecule has 0 saturated carbocycles. The van der Waals surface area contributed by atoms with Crippen molar-refractivity contribution in [3.8, 4) is 11.5 Å². The van der Waals surface area contributed by atoms with Crippen molar-refractivity contribution in [3.63, 3.8) is 0 Å². The van der Waals surface area contributed by atoms with Crippen molar-refractivity contribution in [2.24, 2.45) is 0 Å². The summed E-state index contributed by atoms with van der Waals surface area (Å²) in [4.78, 5) is 20.6. The molecule has 1 fully saturated rings. The van der Waals surface area contributed by atoms with E-state index in [-0.39, 0.29) is 26.9 Å². The minimum Gasteiger partial charge on any atom is -0.493 e. The third kappa shape index (κ3) is 5.83. The number of nitrogens with two attached hydrogens (primary N) is 1. The van der Waals surface area contributed by atoms with Gasteiger partial charge in [-0.3, -0.25) is 4.79 Å². The molecule has 1 atom stereocenters. The topological polar surface area (TPSA) is 121 Å². The van der Waals surface area contributed by atoms with Crippen LogP contribution in [-0.2, 0) is 9.53 Å². The predicted octanol–water partition coefficient (Wildman–Crippen LogP) is 2.60. The molecule has 0 radical (unpaired) electrons. The summed E-state index contributed by atoms with van der Waals surface area (Å²) in [5.74, 6) is 1.89. The molecule has 29 heavy (non-hydrogen) atoms. The molecule has 9 nitrogen and oxygen atoms in total. The third-order valence-electron chi connectivity index (χ3n) is 4.39. The number of nitrogen functional groups attached to an aromatic ring is 1. The van der Waals surface area contributed by atoms with Crippen molar-refractivity contribution in [2.45, 2.75) is 40.2 Å². The summed E-state index contributed by atoms with van der Waals surface area (Å²) >= 11 is 0. The Labute approximate surface area is 172 Å². The Morgan fingerprint density at radius 2 is 1.93 bits per heavy atom. The molecule has 2 aromatic rings. The number of nitrogens with one attached hydrogen (secondary N) is 2. The first kappa shape index (κ1) is 24.2. The van der Waals surface area contributed by atoms with Crippen LogP contribution in [0.5, 0.6) is 11.5 Å². The maximum absolute atomic E-state index is 11.9. The Hall–Kier alpha value is -2.81. The van der Waals surface area contributed by atoms with Gasteiger partial charge in [0, 0.05) is 31.1 Å². The molecule has 0 aliphatic carbocycles. The zero-order valence-corrected chi connectivity index (χ0v) is 15.6. The maximum atomic E-state index is 11.9. The number of rotatable bonds is 8. The molecule has 1 unspecified atom stereocenters. The molecule has 1 aliphatic heterocycles. The fraction of sp³-hybridized carbons (Fsp3) is 0.550. The van der Waals surface area contributed by atoms with Gasteiger partial charge in [0.2, 0.25) is 11.9 Å². The molecule has 4 N–H and O–H groups in total. The number of hydrogen-bond acceptors (Lipinski definition) is 8. The van der Waals surface area contributed by atoms with Gasteiger partial charge in [-0.05, 0) is 25.3 Å². The summed E-state index contributed by atoms with van der Waals surface area (Å²) in [7, 11) is 3.13. The molecule has 0 spiro atoms. The van der Waals surface area contributed by atoms with Gasteiger partial charge in [0.25, 0.3) is 0 Å². The van der Waals surface area contributed by atoms with Gasteiger partial charge in [0.15, 0.2) is 11.5 Å². The van der Waals surface area contributed by atoms with Crippen molar-refractivity contribution >= 4 is 28.6 Å². The van der Waals surface area contributed by atoms with Crippen LogP contribution in [0, 0.1) is 0 Å². The summed E-state index contributed by atoms with van der Waals surface area (Å²) < 4.78 is 15.9. The third-order valence-corrected chi connectivity index (χ3v) is 4.39. The first-order chi connectivity index (χ1) is 13.1. The van der Waals surface area contributed by atoms with Crippen LogP contribution in [0.4, 0.5) is 11.8 Å². The molecule has 9 heteroatoms. The number of benzene rings is 1. The van der Waals surface area contributed by atoms with Crippen LogP contribution in [0.3, 0.4) is 0 Å². The Morgan fingerprint density at radius 3 is 2.59 bits per heavy atom. The van der Waals surface area contributed by atoms with E-state index in [1.165, 1.54) is 0 Å². The van der Waals surface area contributed by atoms with Crippen molar-refractivity contribution in [2.75, 3.05) is 45.0 Å². The first-order valence-corrected chi connectivity index (χ1v) is 8.95. The molecule has 0 bridgehead atoms. The summed E-state index contributed by atoms with van der Waals surface area (Å²) in [6.45, 7) is 1.82. The SMILES string of the molecule is C.C.COc1cc2nc(NCCCNC(=O)C3CCCO3)nc(N)c2cc1OC. The lowest BCUT2D eigenvalue weighted by Crippen LogP contribution is -2.35. The summed E-state index contributed by atoms with van der Waals surface area (Å²) in [6, 6.07) is 3.52. The number of fused-ring (bicyclic) bond motifs is 1. The van der Waals surface area contributed by atoms with E-state index >= 15 is 0 Å². The first-order valence-electron chi connectivity index (χ1n) is 8.95. The number of carbonyl (C=O) groups excluding carboxylic acids is 1. The van der Waals surface area contributed by atoms with Gasteiger partial charge in [-0.2, -0.15) is 4.98 Å². The number of aromatic nitrogens is 2. The number of carbonyl (C=O) groups is 1. The maximum Gasteiger partial charge on any atom is 0.249 e. The summed E-state index contributed by atoms with van der Waals surface area (Å²) in [6.07, 6.45) is 2.17. The minimum atomic E-state index is -0.298. The number of nitrogens with zero attached hydrogens (tertiary/aromatic N) is 2. The van der Waals surface area contributed by atoms with E-state index in [0.717, 1.165) is 19.3 Å². The van der Waals surface area contributed by atoms with E-state index in [1.807, 2.05) is 0 Å². The Balaban J connectivity index is 0.00000210. The van der Waals surface area contributed by atoms with Crippen LogP contribution in [0.1, 0.15) is 34.1 Å². The molecule has 1 aromatic carbocycles. The van der Waals surface area contributed by atoms with Crippen molar-refractivity contribution in [1.29, 1.82) is 0 Å². The van der Waals surface area contributed by atoms with Crippen LogP contribution in [0.15, 0.2) is 12.1 Å². The zero-order chi connectivity index (χ0) is 19.2. The number of hydrogen-bond donors (Lipinski definition) is 3. The second kappa shape index (κ2) is 11.3. The molecule has 1 aromatic heterocycles. The molecule has 162 valence electrons. The van der Waals surface area contributed by atoms with E-state index < -0.39 is 0 Å². The number of anilines is 2. The molecule has 1 amide bonds. The van der Waals surface area contributed by atoms with Crippen molar-refractivity contribution in [1.82, 2.24) is 15.3 Å². The lowest BCUT2D eigenvalue weighted by molar-refractivity contribution is -0.130. The fourth-order valence-corrected chi connectivity index (χ4v) is 2.96. The summed E-state index contributed by atoms with van der Waals surface area (Å²) in [5.41, 5.74) is 6.72. The van der Waals surface area contributed by atoms with Gasteiger partial charge in [-0.15, -0.1) is 0 Å². The van der Waals surface area contributed by atoms with Crippen LogP contribution >= 0.6 is 0 Å². The van der Waals surface area contributed by atoms with Gasteiger partial charge in [-0.1, -0.05) is 14.9 Å². The minimum absolute atomic E-state index is 0. The van der Waals surface area contributed by atoms with Crippen LogP contribution in [-0.4, -0.2) is 55.9 Å². The zero-order valence-electron chi connectivity index (χ0n) is 15.6. The highest BCUT2D eigenvalue weighted by molar-refractivity contribution is 5.91. The normalized spacial score (nSPS) is 15.2.